The van der Waals surface area contributed by atoms with Gasteiger partial charge in [-0.2, -0.15) is 0 Å². The van der Waals surface area contributed by atoms with E-state index in [1.165, 1.54) is 4.57 Å². The Morgan fingerprint density at radius 2 is 2.20 bits per heavy atom. The summed E-state index contributed by atoms with van der Waals surface area (Å²) in [5, 5.41) is 0. The minimum atomic E-state index is -0.885. The second-order valence-electron chi connectivity index (χ2n) is 3.15. The highest BCUT2D eigenvalue weighted by atomic mass is 32.2. The minimum absolute atomic E-state index is 0.130. The van der Waals surface area contributed by atoms with E-state index < -0.39 is 22.0 Å². The highest BCUT2D eigenvalue weighted by molar-refractivity contribution is 7.84. The van der Waals surface area contributed by atoms with Crippen LogP contribution in [0.2, 0.25) is 0 Å². The summed E-state index contributed by atoms with van der Waals surface area (Å²) >= 11 is 0. The van der Waals surface area contributed by atoms with E-state index >= 15 is 0 Å². The quantitative estimate of drug-likeness (QED) is 0.686. The summed E-state index contributed by atoms with van der Waals surface area (Å²) in [6.45, 7) is 0.362. The Hall–Kier alpha value is -1.37. The molecule has 15 heavy (non-hydrogen) atoms. The minimum Gasteiger partial charge on any atom is -0.385 e. The molecule has 0 fully saturated rings. The molecular formula is C8H13N3O3S. The molecule has 7 heteroatoms. The number of hydrogen-bond donors (Lipinski definition) is 2. The third-order valence-electron chi connectivity index (χ3n) is 1.88. The second kappa shape index (κ2) is 4.92. The molecule has 1 heterocycles. The molecule has 0 aliphatic carbocycles. The monoisotopic (exact) mass is 231 g/mol. The molecule has 1 aromatic heterocycles. The number of nitrogens with one attached hydrogen (secondary N) is 1. The SMILES string of the molecule is CS(=O)CCCn1c(N)cc(=O)[nH]c1=O. The Morgan fingerprint density at radius 1 is 1.53 bits per heavy atom. The van der Waals surface area contributed by atoms with Gasteiger partial charge in [-0.05, 0) is 6.42 Å². The first-order valence-electron chi connectivity index (χ1n) is 4.40. The zero-order chi connectivity index (χ0) is 11.4. The van der Waals surface area contributed by atoms with Gasteiger partial charge in [0.25, 0.3) is 5.56 Å². The smallest absolute Gasteiger partial charge is 0.329 e. The van der Waals surface area contributed by atoms with Crippen molar-refractivity contribution in [3.8, 4) is 0 Å². The van der Waals surface area contributed by atoms with Crippen molar-refractivity contribution in [1.82, 2.24) is 9.55 Å². The van der Waals surface area contributed by atoms with Crippen LogP contribution in [0.15, 0.2) is 15.7 Å². The molecule has 84 valence electrons. The lowest BCUT2D eigenvalue weighted by molar-refractivity contribution is 0.636. The number of hydrogen-bond acceptors (Lipinski definition) is 4. The van der Waals surface area contributed by atoms with E-state index in [1.54, 1.807) is 6.26 Å². The van der Waals surface area contributed by atoms with E-state index in [0.29, 0.717) is 18.7 Å². The van der Waals surface area contributed by atoms with Crippen LogP contribution in [0, 0.1) is 0 Å². The summed E-state index contributed by atoms with van der Waals surface area (Å²) < 4.78 is 12.1. The van der Waals surface area contributed by atoms with Crippen molar-refractivity contribution in [2.75, 3.05) is 17.7 Å². The highest BCUT2D eigenvalue weighted by Crippen LogP contribution is 1.95. The molecule has 1 rings (SSSR count). The van der Waals surface area contributed by atoms with Crippen molar-refractivity contribution < 1.29 is 4.21 Å². The zero-order valence-electron chi connectivity index (χ0n) is 8.36. The Morgan fingerprint density at radius 3 is 2.73 bits per heavy atom. The first-order valence-corrected chi connectivity index (χ1v) is 6.13. The molecule has 0 amide bonds. The number of aromatic nitrogens is 2. The molecule has 0 bridgehead atoms. The summed E-state index contributed by atoms with van der Waals surface area (Å²) in [4.78, 5) is 24.2. The summed E-state index contributed by atoms with van der Waals surface area (Å²) in [5.74, 6) is 0.635. The topological polar surface area (TPSA) is 97.9 Å². The van der Waals surface area contributed by atoms with E-state index in [2.05, 4.69) is 4.98 Å². The zero-order valence-corrected chi connectivity index (χ0v) is 9.17. The first-order chi connectivity index (χ1) is 7.00. The van der Waals surface area contributed by atoms with Crippen LogP contribution in [0.4, 0.5) is 5.82 Å². The van der Waals surface area contributed by atoms with Crippen LogP contribution in [0.25, 0.3) is 0 Å². The number of aromatic amines is 1. The molecule has 1 atom stereocenters. The number of H-pyrrole nitrogens is 1. The molecule has 6 nitrogen and oxygen atoms in total. The van der Waals surface area contributed by atoms with Gasteiger partial charge in [-0.25, -0.2) is 4.79 Å². The van der Waals surface area contributed by atoms with Gasteiger partial charge in [0.05, 0.1) is 0 Å². The lowest BCUT2D eigenvalue weighted by Crippen LogP contribution is -2.31. The third-order valence-corrected chi connectivity index (χ3v) is 2.74. The third kappa shape index (κ3) is 3.35. The molecule has 1 aromatic rings. The van der Waals surface area contributed by atoms with Gasteiger partial charge < -0.3 is 5.73 Å². The van der Waals surface area contributed by atoms with Crippen molar-refractivity contribution in [3.05, 3.63) is 26.9 Å². The van der Waals surface area contributed by atoms with Gasteiger partial charge in [0.2, 0.25) is 0 Å². The van der Waals surface area contributed by atoms with Crippen LogP contribution in [0.3, 0.4) is 0 Å². The highest BCUT2D eigenvalue weighted by Gasteiger charge is 2.02. The molecule has 3 N–H and O–H groups in total. The van der Waals surface area contributed by atoms with Gasteiger partial charge in [0.15, 0.2) is 0 Å². The summed E-state index contributed by atoms with van der Waals surface area (Å²) in [5.41, 5.74) is 4.47. The van der Waals surface area contributed by atoms with E-state index in [1.807, 2.05) is 0 Å². The van der Waals surface area contributed by atoms with Crippen LogP contribution in [-0.4, -0.2) is 25.8 Å². The molecule has 0 saturated carbocycles. The fourth-order valence-corrected chi connectivity index (χ4v) is 1.73. The average molecular weight is 231 g/mol. The van der Waals surface area contributed by atoms with Crippen LogP contribution in [0.1, 0.15) is 6.42 Å². The first kappa shape index (κ1) is 11.7. The van der Waals surface area contributed by atoms with E-state index in [4.69, 9.17) is 5.73 Å². The summed E-state index contributed by atoms with van der Waals surface area (Å²) in [6.07, 6.45) is 2.18. The number of rotatable bonds is 4. The fraction of sp³-hybridized carbons (Fsp3) is 0.500. The van der Waals surface area contributed by atoms with Crippen molar-refractivity contribution in [2.24, 2.45) is 0 Å². The molecular weight excluding hydrogens is 218 g/mol. The van der Waals surface area contributed by atoms with Crippen molar-refractivity contribution >= 4 is 16.6 Å². The summed E-state index contributed by atoms with van der Waals surface area (Å²) in [6, 6.07) is 1.16. The van der Waals surface area contributed by atoms with E-state index in [9.17, 15) is 13.8 Å². The molecule has 0 aromatic carbocycles. The van der Waals surface area contributed by atoms with Gasteiger partial charge in [0, 0.05) is 35.4 Å². The lowest BCUT2D eigenvalue weighted by atomic mass is 10.4. The maximum atomic E-state index is 11.3. The largest absolute Gasteiger partial charge is 0.385 e. The van der Waals surface area contributed by atoms with Gasteiger partial charge in [-0.15, -0.1) is 0 Å². The fourth-order valence-electron chi connectivity index (χ4n) is 1.20. The Labute approximate surface area is 88.6 Å². The van der Waals surface area contributed by atoms with E-state index in [0.717, 1.165) is 6.07 Å². The van der Waals surface area contributed by atoms with Crippen LogP contribution in [-0.2, 0) is 17.3 Å². The Balaban J connectivity index is 2.82. The van der Waals surface area contributed by atoms with Crippen LogP contribution < -0.4 is 17.0 Å². The molecule has 0 saturated heterocycles. The summed E-state index contributed by atoms with van der Waals surface area (Å²) in [7, 11) is -0.885. The molecule has 0 radical (unpaired) electrons. The number of nitrogen functional groups attached to an aromatic ring is 1. The average Bonchev–Trinajstić information content (AvgIpc) is 2.08. The normalized spacial score (nSPS) is 12.6. The van der Waals surface area contributed by atoms with Gasteiger partial charge >= 0.3 is 5.69 Å². The maximum absolute atomic E-state index is 11.3. The Bertz CT molecular complexity index is 477. The standard InChI is InChI=1S/C8H13N3O3S/c1-15(14)4-2-3-11-6(9)5-7(12)10-8(11)13/h5H,2-4,9H2,1H3,(H,10,12,13). The second-order valence-corrected chi connectivity index (χ2v) is 4.70. The number of nitrogens with two attached hydrogens (primary N) is 1. The number of anilines is 1. The Kier molecular flexibility index (Phi) is 3.84. The predicted octanol–water partition coefficient (Wildman–Crippen LogP) is -1.11. The lowest BCUT2D eigenvalue weighted by Gasteiger charge is -2.06. The predicted molar refractivity (Wildman–Crippen MR) is 59.3 cm³/mol. The molecule has 1 unspecified atom stereocenters. The molecule has 0 spiro atoms. The van der Waals surface area contributed by atoms with Crippen molar-refractivity contribution in [3.63, 3.8) is 0 Å². The van der Waals surface area contributed by atoms with Crippen LogP contribution in [0.5, 0.6) is 0 Å². The van der Waals surface area contributed by atoms with Gasteiger partial charge in [0.1, 0.15) is 5.82 Å². The van der Waals surface area contributed by atoms with E-state index in [-0.39, 0.29) is 5.82 Å². The maximum Gasteiger partial charge on any atom is 0.329 e. The van der Waals surface area contributed by atoms with Gasteiger partial charge in [-0.1, -0.05) is 0 Å². The molecule has 0 aliphatic heterocycles. The van der Waals surface area contributed by atoms with Crippen molar-refractivity contribution in [2.45, 2.75) is 13.0 Å². The van der Waals surface area contributed by atoms with Crippen molar-refractivity contribution in [1.29, 1.82) is 0 Å². The van der Waals surface area contributed by atoms with Crippen LogP contribution >= 0.6 is 0 Å². The molecule has 0 aliphatic rings. The number of nitrogens with zero attached hydrogens (tertiary/aromatic N) is 1. The van der Waals surface area contributed by atoms with Gasteiger partial charge in [-0.3, -0.25) is 18.6 Å².